The number of hydrogen-bond acceptors (Lipinski definition) is 5. The molecule has 0 heterocycles. The van der Waals surface area contributed by atoms with Gasteiger partial charge in [0.15, 0.2) is 0 Å². The molecule has 5 heteroatoms. The Kier molecular flexibility index (Phi) is 6.33. The molecule has 0 radical (unpaired) electrons. The second-order valence-electron chi connectivity index (χ2n) is 5.61. The van der Waals surface area contributed by atoms with Crippen LogP contribution in [0.15, 0.2) is 48.5 Å². The van der Waals surface area contributed by atoms with Gasteiger partial charge in [-0.2, -0.15) is 10.5 Å². The number of rotatable bonds is 7. The van der Waals surface area contributed by atoms with Gasteiger partial charge in [0.05, 0.1) is 23.3 Å². The average Bonchev–Trinajstić information content (AvgIpc) is 2.60. The molecule has 5 nitrogen and oxygen atoms in total. The molecule has 1 unspecified atom stereocenters. The maximum absolute atomic E-state index is 10.1. The Bertz CT molecular complexity index is 744. The number of ether oxygens (including phenoxy) is 1. The molecule has 0 fully saturated rings. The lowest BCUT2D eigenvalue weighted by Crippen LogP contribution is -2.32. The third-order valence-electron chi connectivity index (χ3n) is 3.46. The SMILES string of the molecule is CN(Cc1cccc(C#N)c1)CC(O)COc1ccc(C#N)cc1. The van der Waals surface area contributed by atoms with Crippen LogP contribution in [0.5, 0.6) is 5.75 Å². The van der Waals surface area contributed by atoms with Gasteiger partial charge < -0.3 is 9.84 Å². The van der Waals surface area contributed by atoms with Crippen LogP contribution in [0.4, 0.5) is 0 Å². The van der Waals surface area contributed by atoms with Crippen molar-refractivity contribution in [2.75, 3.05) is 20.2 Å². The minimum Gasteiger partial charge on any atom is -0.491 e. The first-order valence-electron chi connectivity index (χ1n) is 7.59. The molecule has 0 aromatic heterocycles. The van der Waals surface area contributed by atoms with Gasteiger partial charge in [-0.1, -0.05) is 12.1 Å². The third-order valence-corrected chi connectivity index (χ3v) is 3.46. The average molecular weight is 321 g/mol. The van der Waals surface area contributed by atoms with E-state index in [1.807, 2.05) is 36.2 Å². The highest BCUT2D eigenvalue weighted by Gasteiger charge is 2.10. The van der Waals surface area contributed by atoms with E-state index in [1.54, 1.807) is 30.3 Å². The van der Waals surface area contributed by atoms with Crippen molar-refractivity contribution in [2.24, 2.45) is 0 Å². The van der Waals surface area contributed by atoms with E-state index in [9.17, 15) is 5.11 Å². The van der Waals surface area contributed by atoms with Crippen LogP contribution in [0, 0.1) is 22.7 Å². The minimum atomic E-state index is -0.634. The van der Waals surface area contributed by atoms with Crippen LogP contribution in [-0.2, 0) is 6.54 Å². The molecule has 0 saturated carbocycles. The molecule has 0 spiro atoms. The van der Waals surface area contributed by atoms with Gasteiger partial charge in [-0.05, 0) is 49.0 Å². The van der Waals surface area contributed by atoms with Crippen molar-refractivity contribution in [3.05, 3.63) is 65.2 Å². The minimum absolute atomic E-state index is 0.175. The lowest BCUT2D eigenvalue weighted by molar-refractivity contribution is 0.0744. The van der Waals surface area contributed by atoms with Crippen molar-refractivity contribution in [1.29, 1.82) is 10.5 Å². The van der Waals surface area contributed by atoms with Crippen LogP contribution in [0.1, 0.15) is 16.7 Å². The molecule has 2 aromatic rings. The van der Waals surface area contributed by atoms with E-state index >= 15 is 0 Å². The summed E-state index contributed by atoms with van der Waals surface area (Å²) in [6.45, 7) is 1.27. The number of aliphatic hydroxyl groups is 1. The summed E-state index contributed by atoms with van der Waals surface area (Å²) in [6.07, 6.45) is -0.634. The second-order valence-corrected chi connectivity index (χ2v) is 5.61. The predicted molar refractivity (Wildman–Crippen MR) is 90.1 cm³/mol. The Morgan fingerprint density at radius 1 is 1.08 bits per heavy atom. The zero-order valence-electron chi connectivity index (χ0n) is 13.5. The maximum Gasteiger partial charge on any atom is 0.119 e. The van der Waals surface area contributed by atoms with Crippen molar-refractivity contribution in [3.8, 4) is 17.9 Å². The summed E-state index contributed by atoms with van der Waals surface area (Å²) in [5, 5.41) is 27.7. The van der Waals surface area contributed by atoms with Crippen molar-refractivity contribution < 1.29 is 9.84 Å². The van der Waals surface area contributed by atoms with Crippen LogP contribution in [0.25, 0.3) is 0 Å². The molecule has 0 saturated heterocycles. The highest BCUT2D eigenvalue weighted by atomic mass is 16.5. The van der Waals surface area contributed by atoms with E-state index in [-0.39, 0.29) is 6.61 Å². The van der Waals surface area contributed by atoms with E-state index in [2.05, 4.69) is 6.07 Å². The van der Waals surface area contributed by atoms with Crippen LogP contribution in [0.2, 0.25) is 0 Å². The first-order chi connectivity index (χ1) is 11.6. The van der Waals surface area contributed by atoms with Gasteiger partial charge in [0.2, 0.25) is 0 Å². The monoisotopic (exact) mass is 321 g/mol. The van der Waals surface area contributed by atoms with Gasteiger partial charge in [-0.25, -0.2) is 0 Å². The molecule has 122 valence electrons. The number of nitrogens with zero attached hydrogens (tertiary/aromatic N) is 3. The Morgan fingerprint density at radius 3 is 2.46 bits per heavy atom. The summed E-state index contributed by atoms with van der Waals surface area (Å²) in [5.41, 5.74) is 2.23. The van der Waals surface area contributed by atoms with Crippen molar-refractivity contribution >= 4 is 0 Å². The molecule has 2 aromatic carbocycles. The molecular formula is C19H19N3O2. The van der Waals surface area contributed by atoms with Gasteiger partial charge in [0, 0.05) is 13.1 Å². The molecule has 0 aliphatic carbocycles. The molecule has 0 aliphatic rings. The number of aliphatic hydroxyl groups excluding tert-OH is 1. The van der Waals surface area contributed by atoms with Crippen LogP contribution in [0.3, 0.4) is 0 Å². The Balaban J connectivity index is 1.79. The maximum atomic E-state index is 10.1. The van der Waals surface area contributed by atoms with E-state index in [0.717, 1.165) is 5.56 Å². The molecule has 24 heavy (non-hydrogen) atoms. The van der Waals surface area contributed by atoms with Gasteiger partial charge in [-0.3, -0.25) is 4.90 Å². The van der Waals surface area contributed by atoms with E-state index in [1.165, 1.54) is 0 Å². The summed E-state index contributed by atoms with van der Waals surface area (Å²) in [7, 11) is 1.91. The predicted octanol–water partition coefficient (Wildman–Crippen LogP) is 2.30. The third kappa shape index (κ3) is 5.40. The fraction of sp³-hybridized carbons (Fsp3) is 0.263. The highest BCUT2D eigenvalue weighted by Crippen LogP contribution is 2.12. The van der Waals surface area contributed by atoms with Crippen molar-refractivity contribution in [1.82, 2.24) is 4.90 Å². The highest BCUT2D eigenvalue weighted by molar-refractivity contribution is 5.34. The smallest absolute Gasteiger partial charge is 0.119 e. The molecule has 2 rings (SSSR count). The molecule has 1 atom stereocenters. The molecule has 0 amide bonds. The first-order valence-corrected chi connectivity index (χ1v) is 7.59. The quantitative estimate of drug-likeness (QED) is 0.846. The van der Waals surface area contributed by atoms with Gasteiger partial charge in [-0.15, -0.1) is 0 Å². The second kappa shape index (κ2) is 8.69. The number of likely N-dealkylation sites (N-methyl/N-ethyl adjacent to an activating group) is 1. The summed E-state index contributed by atoms with van der Waals surface area (Å²) >= 11 is 0. The molecule has 1 N–H and O–H groups in total. The van der Waals surface area contributed by atoms with Crippen LogP contribution < -0.4 is 4.74 Å². The number of nitriles is 2. The first kappa shape index (κ1) is 17.5. The van der Waals surface area contributed by atoms with Crippen molar-refractivity contribution in [3.63, 3.8) is 0 Å². The van der Waals surface area contributed by atoms with E-state index < -0.39 is 6.10 Å². The van der Waals surface area contributed by atoms with Crippen LogP contribution >= 0.6 is 0 Å². The van der Waals surface area contributed by atoms with E-state index in [4.69, 9.17) is 15.3 Å². The van der Waals surface area contributed by atoms with Crippen molar-refractivity contribution in [2.45, 2.75) is 12.6 Å². The Morgan fingerprint density at radius 2 is 1.79 bits per heavy atom. The molecular weight excluding hydrogens is 302 g/mol. The summed E-state index contributed by atoms with van der Waals surface area (Å²) in [5.74, 6) is 0.623. The topological polar surface area (TPSA) is 80.3 Å². The summed E-state index contributed by atoms with van der Waals surface area (Å²) in [6, 6.07) is 18.4. The lowest BCUT2D eigenvalue weighted by atomic mass is 10.1. The lowest BCUT2D eigenvalue weighted by Gasteiger charge is -2.21. The number of benzene rings is 2. The van der Waals surface area contributed by atoms with Gasteiger partial charge in [0.1, 0.15) is 18.5 Å². The standard InChI is InChI=1S/C19H19N3O2/c1-22(12-17-4-2-3-16(9-17)11-21)13-18(23)14-24-19-7-5-15(10-20)6-8-19/h2-9,18,23H,12-14H2,1H3. The number of hydrogen-bond donors (Lipinski definition) is 1. The zero-order chi connectivity index (χ0) is 17.4. The largest absolute Gasteiger partial charge is 0.491 e. The normalized spacial score (nSPS) is 11.5. The molecule has 0 bridgehead atoms. The summed E-state index contributed by atoms with van der Waals surface area (Å²) < 4.78 is 5.53. The Hall–Kier alpha value is -2.86. The van der Waals surface area contributed by atoms with Gasteiger partial charge >= 0.3 is 0 Å². The van der Waals surface area contributed by atoms with Gasteiger partial charge in [0.25, 0.3) is 0 Å². The fourth-order valence-electron chi connectivity index (χ4n) is 2.35. The summed E-state index contributed by atoms with van der Waals surface area (Å²) in [4.78, 5) is 1.98. The zero-order valence-corrected chi connectivity index (χ0v) is 13.5. The van der Waals surface area contributed by atoms with Crippen LogP contribution in [-0.4, -0.2) is 36.3 Å². The Labute approximate surface area is 141 Å². The molecule has 0 aliphatic heterocycles. The fourth-order valence-corrected chi connectivity index (χ4v) is 2.35. The van der Waals surface area contributed by atoms with E-state index in [0.29, 0.717) is 30.0 Å².